The van der Waals surface area contributed by atoms with Crippen LogP contribution in [0.3, 0.4) is 0 Å². The number of hydrogen-bond donors (Lipinski definition) is 1. The van der Waals surface area contributed by atoms with Gasteiger partial charge >= 0.3 is 5.97 Å². The highest BCUT2D eigenvalue weighted by Gasteiger charge is 2.04. The Bertz CT molecular complexity index is 342. The van der Waals surface area contributed by atoms with Crippen LogP contribution in [0.25, 0.3) is 0 Å². The van der Waals surface area contributed by atoms with Gasteiger partial charge in [-0.2, -0.15) is 0 Å². The van der Waals surface area contributed by atoms with E-state index in [4.69, 9.17) is 5.11 Å². The fourth-order valence-corrected chi connectivity index (χ4v) is 1.12. The van der Waals surface area contributed by atoms with Crippen LogP contribution in [0.5, 0.6) is 0 Å². The Kier molecular flexibility index (Phi) is 2.80. The van der Waals surface area contributed by atoms with Gasteiger partial charge in [0.1, 0.15) is 6.29 Å². The summed E-state index contributed by atoms with van der Waals surface area (Å²) in [6.45, 7) is 1.83. The summed E-state index contributed by atoms with van der Waals surface area (Å²) in [5.74, 6) is -0.883. The lowest BCUT2D eigenvalue weighted by Crippen LogP contribution is -2.02. The van der Waals surface area contributed by atoms with E-state index in [1.165, 1.54) is 0 Å². The number of carboxylic acids is 1. The van der Waals surface area contributed by atoms with E-state index in [9.17, 15) is 9.59 Å². The molecule has 0 heterocycles. The minimum Gasteiger partial charge on any atom is -0.481 e. The van der Waals surface area contributed by atoms with Gasteiger partial charge in [-0.15, -0.1) is 0 Å². The number of rotatable bonds is 3. The Morgan fingerprint density at radius 3 is 2.77 bits per heavy atom. The van der Waals surface area contributed by atoms with E-state index in [1.54, 1.807) is 18.2 Å². The second-order valence-corrected chi connectivity index (χ2v) is 2.87. The molecule has 0 amide bonds. The molecule has 1 aromatic carbocycles. The van der Waals surface area contributed by atoms with Crippen molar-refractivity contribution in [1.29, 1.82) is 0 Å². The van der Waals surface area contributed by atoms with Gasteiger partial charge in [0.25, 0.3) is 0 Å². The third-order valence-corrected chi connectivity index (χ3v) is 1.85. The number of benzene rings is 1. The van der Waals surface area contributed by atoms with Gasteiger partial charge in [-0.05, 0) is 24.1 Å². The molecule has 0 unspecified atom stereocenters. The van der Waals surface area contributed by atoms with Gasteiger partial charge < -0.3 is 5.11 Å². The van der Waals surface area contributed by atoms with E-state index < -0.39 is 5.97 Å². The molecule has 0 aliphatic carbocycles. The van der Waals surface area contributed by atoms with Crippen LogP contribution in [0.15, 0.2) is 18.2 Å². The molecule has 13 heavy (non-hydrogen) atoms. The Balaban J connectivity index is 3.03. The summed E-state index contributed by atoms with van der Waals surface area (Å²) in [6.07, 6.45) is 0.679. The molecule has 0 bridgehead atoms. The molecule has 0 aliphatic heterocycles. The average Bonchev–Trinajstić information content (AvgIpc) is 2.08. The van der Waals surface area contributed by atoms with Crippen molar-refractivity contribution in [3.8, 4) is 0 Å². The standard InChI is InChI=1S/C10H10O3/c1-7-2-3-8(6-11)4-9(7)5-10(12)13/h2-4,6H,5H2,1H3,(H,12,13). The molecule has 0 spiro atoms. The van der Waals surface area contributed by atoms with Crippen molar-refractivity contribution < 1.29 is 14.7 Å². The summed E-state index contributed by atoms with van der Waals surface area (Å²) in [5, 5.41) is 8.57. The fourth-order valence-electron chi connectivity index (χ4n) is 1.12. The first kappa shape index (κ1) is 9.45. The van der Waals surface area contributed by atoms with Gasteiger partial charge in [0.05, 0.1) is 6.42 Å². The zero-order valence-electron chi connectivity index (χ0n) is 7.28. The lowest BCUT2D eigenvalue weighted by Gasteiger charge is -2.02. The van der Waals surface area contributed by atoms with Crippen LogP contribution >= 0.6 is 0 Å². The third kappa shape index (κ3) is 2.40. The Morgan fingerprint density at radius 2 is 2.23 bits per heavy atom. The number of aldehydes is 1. The number of aryl methyl sites for hydroxylation is 1. The van der Waals surface area contributed by atoms with Crippen molar-refractivity contribution in [3.05, 3.63) is 34.9 Å². The zero-order chi connectivity index (χ0) is 9.84. The van der Waals surface area contributed by atoms with Gasteiger partial charge in [-0.1, -0.05) is 12.1 Å². The van der Waals surface area contributed by atoms with Gasteiger partial charge in [-0.3, -0.25) is 9.59 Å². The largest absolute Gasteiger partial charge is 0.481 e. The first-order chi connectivity index (χ1) is 6.13. The molecule has 0 aliphatic rings. The molecule has 0 saturated carbocycles. The summed E-state index contributed by atoms with van der Waals surface area (Å²) >= 11 is 0. The highest BCUT2D eigenvalue weighted by molar-refractivity contribution is 5.77. The van der Waals surface area contributed by atoms with Gasteiger partial charge in [0.15, 0.2) is 0 Å². The maximum absolute atomic E-state index is 10.4. The van der Waals surface area contributed by atoms with E-state index in [-0.39, 0.29) is 6.42 Å². The molecule has 1 aromatic rings. The summed E-state index contributed by atoms with van der Waals surface area (Å²) < 4.78 is 0. The number of hydrogen-bond acceptors (Lipinski definition) is 2. The second kappa shape index (κ2) is 3.85. The molecule has 3 heteroatoms. The monoisotopic (exact) mass is 178 g/mol. The predicted octanol–water partition coefficient (Wildman–Crippen LogP) is 1.43. The molecule has 1 rings (SSSR count). The van der Waals surface area contributed by atoms with Crippen LogP contribution in [-0.2, 0) is 11.2 Å². The molecule has 3 nitrogen and oxygen atoms in total. The van der Waals surface area contributed by atoms with E-state index in [0.29, 0.717) is 17.4 Å². The summed E-state index contributed by atoms with van der Waals surface area (Å²) in [7, 11) is 0. The highest BCUT2D eigenvalue weighted by Crippen LogP contribution is 2.10. The second-order valence-electron chi connectivity index (χ2n) is 2.87. The van der Waals surface area contributed by atoms with Crippen molar-refractivity contribution in [3.63, 3.8) is 0 Å². The summed E-state index contributed by atoms with van der Waals surface area (Å²) in [4.78, 5) is 20.8. The molecular formula is C10H10O3. The minimum absolute atomic E-state index is 0.0342. The quantitative estimate of drug-likeness (QED) is 0.712. The van der Waals surface area contributed by atoms with E-state index in [2.05, 4.69) is 0 Å². The van der Waals surface area contributed by atoms with Crippen molar-refractivity contribution in [2.75, 3.05) is 0 Å². The van der Waals surface area contributed by atoms with Crippen LogP contribution < -0.4 is 0 Å². The van der Waals surface area contributed by atoms with Crippen LogP contribution in [0.1, 0.15) is 21.5 Å². The van der Waals surface area contributed by atoms with Gasteiger partial charge in [0.2, 0.25) is 0 Å². The molecule has 0 atom stereocenters. The Morgan fingerprint density at radius 1 is 1.54 bits per heavy atom. The van der Waals surface area contributed by atoms with Crippen LogP contribution in [0.4, 0.5) is 0 Å². The molecule has 0 saturated heterocycles. The molecule has 0 aromatic heterocycles. The maximum Gasteiger partial charge on any atom is 0.307 e. The first-order valence-corrected chi connectivity index (χ1v) is 3.90. The minimum atomic E-state index is -0.883. The number of carboxylic acid groups (broad SMARTS) is 1. The van der Waals surface area contributed by atoms with E-state index >= 15 is 0 Å². The van der Waals surface area contributed by atoms with E-state index in [0.717, 1.165) is 5.56 Å². The summed E-state index contributed by atoms with van der Waals surface area (Å²) in [6, 6.07) is 5.03. The topological polar surface area (TPSA) is 54.4 Å². The Hall–Kier alpha value is -1.64. The zero-order valence-corrected chi connectivity index (χ0v) is 7.28. The maximum atomic E-state index is 10.4. The molecule has 0 radical (unpaired) electrons. The van der Waals surface area contributed by atoms with Crippen molar-refractivity contribution in [1.82, 2.24) is 0 Å². The molecule has 68 valence electrons. The average molecular weight is 178 g/mol. The fraction of sp³-hybridized carbons (Fsp3) is 0.200. The normalized spacial score (nSPS) is 9.62. The smallest absolute Gasteiger partial charge is 0.307 e. The lowest BCUT2D eigenvalue weighted by molar-refractivity contribution is -0.136. The van der Waals surface area contributed by atoms with Crippen LogP contribution in [0.2, 0.25) is 0 Å². The van der Waals surface area contributed by atoms with Gasteiger partial charge in [0, 0.05) is 5.56 Å². The predicted molar refractivity (Wildman–Crippen MR) is 47.9 cm³/mol. The van der Waals surface area contributed by atoms with Crippen molar-refractivity contribution in [2.24, 2.45) is 0 Å². The molecule has 0 fully saturated rings. The first-order valence-electron chi connectivity index (χ1n) is 3.90. The highest BCUT2D eigenvalue weighted by atomic mass is 16.4. The van der Waals surface area contributed by atoms with E-state index in [1.807, 2.05) is 6.92 Å². The SMILES string of the molecule is Cc1ccc(C=O)cc1CC(=O)O. The molecular weight excluding hydrogens is 168 g/mol. The van der Waals surface area contributed by atoms with Crippen molar-refractivity contribution >= 4 is 12.3 Å². The molecule has 1 N–H and O–H groups in total. The van der Waals surface area contributed by atoms with Crippen LogP contribution in [-0.4, -0.2) is 17.4 Å². The van der Waals surface area contributed by atoms with Crippen LogP contribution in [0, 0.1) is 6.92 Å². The number of aliphatic carboxylic acids is 1. The third-order valence-electron chi connectivity index (χ3n) is 1.85. The van der Waals surface area contributed by atoms with Crippen molar-refractivity contribution in [2.45, 2.75) is 13.3 Å². The number of carbonyl (C=O) groups excluding carboxylic acids is 1. The lowest BCUT2D eigenvalue weighted by atomic mass is 10.0. The number of carbonyl (C=O) groups is 2. The van der Waals surface area contributed by atoms with Gasteiger partial charge in [-0.25, -0.2) is 0 Å². The summed E-state index contributed by atoms with van der Waals surface area (Å²) in [5.41, 5.74) is 2.10. The Labute approximate surface area is 76.0 Å².